The molecule has 1 fully saturated rings. The van der Waals surface area contributed by atoms with Crippen LogP contribution in [0.1, 0.15) is 26.5 Å². The minimum atomic E-state index is -0.117. The Hall–Kier alpha value is -1.62. The molecule has 5 heteroatoms. The van der Waals surface area contributed by atoms with Crippen LogP contribution in [0.4, 0.5) is 5.95 Å². The summed E-state index contributed by atoms with van der Waals surface area (Å²) in [6, 6.07) is 1.59. The number of nitrogens with zero attached hydrogens (tertiary/aromatic N) is 3. The second kappa shape index (κ2) is 5.79. The Morgan fingerprint density at radius 2 is 2.00 bits per heavy atom. The molecule has 2 heterocycles. The third-order valence-electron chi connectivity index (χ3n) is 3.56. The predicted molar refractivity (Wildman–Crippen MR) is 82.4 cm³/mol. The Bertz CT molecular complexity index is 521. The van der Waals surface area contributed by atoms with Gasteiger partial charge in [-0.25, -0.2) is 4.98 Å². The first-order valence-corrected chi connectivity index (χ1v) is 7.10. The van der Waals surface area contributed by atoms with E-state index >= 15 is 0 Å². The minimum absolute atomic E-state index is 0.0755. The summed E-state index contributed by atoms with van der Waals surface area (Å²) >= 11 is 0. The van der Waals surface area contributed by atoms with Gasteiger partial charge in [-0.1, -0.05) is 26.8 Å². The Morgan fingerprint density at radius 3 is 2.55 bits per heavy atom. The highest BCUT2D eigenvalue weighted by molar-refractivity contribution is 5.32. The highest BCUT2D eigenvalue weighted by Gasteiger charge is 2.21. The maximum Gasteiger partial charge on any atom is 0.252 e. The molecule has 0 radical (unpaired) electrons. The van der Waals surface area contributed by atoms with Gasteiger partial charge in [0, 0.05) is 44.2 Å². The molecule has 0 saturated carbocycles. The van der Waals surface area contributed by atoms with Crippen molar-refractivity contribution in [2.75, 3.05) is 37.6 Å². The zero-order valence-corrected chi connectivity index (χ0v) is 12.6. The molecule has 0 aromatic carbocycles. The van der Waals surface area contributed by atoms with Crippen molar-refractivity contribution in [3.63, 3.8) is 0 Å². The summed E-state index contributed by atoms with van der Waals surface area (Å²) in [4.78, 5) is 23.8. The van der Waals surface area contributed by atoms with Gasteiger partial charge in [0.2, 0.25) is 5.95 Å². The van der Waals surface area contributed by atoms with Crippen molar-refractivity contribution in [1.29, 1.82) is 0 Å². The van der Waals surface area contributed by atoms with Crippen molar-refractivity contribution in [2.24, 2.45) is 0 Å². The first-order valence-electron chi connectivity index (χ1n) is 7.10. The maximum atomic E-state index is 11.8. The Balaban J connectivity index is 2.16. The fourth-order valence-electron chi connectivity index (χ4n) is 2.30. The zero-order valence-electron chi connectivity index (χ0n) is 12.6. The van der Waals surface area contributed by atoms with Crippen LogP contribution in [-0.4, -0.2) is 47.6 Å². The highest BCUT2D eigenvalue weighted by atomic mass is 16.1. The molecule has 0 spiro atoms. The van der Waals surface area contributed by atoms with Crippen LogP contribution in [-0.2, 0) is 5.41 Å². The molecule has 0 atom stereocenters. The standard InChI is InChI=1S/C15H24N4O/c1-5-6-18-7-9-19(10-8-18)14-16-12(15(2,3)4)11-13(20)17-14/h5,11H,1,6-10H2,2-4H3,(H,16,17,20). The average Bonchev–Trinajstić information content (AvgIpc) is 2.38. The number of anilines is 1. The summed E-state index contributed by atoms with van der Waals surface area (Å²) < 4.78 is 0. The van der Waals surface area contributed by atoms with E-state index in [2.05, 4.69) is 47.1 Å². The largest absolute Gasteiger partial charge is 0.340 e. The predicted octanol–water partition coefficient (Wildman–Crippen LogP) is 1.38. The normalized spacial score (nSPS) is 17.2. The molecule has 1 saturated heterocycles. The van der Waals surface area contributed by atoms with Crippen LogP contribution in [0.25, 0.3) is 0 Å². The third kappa shape index (κ3) is 3.48. The smallest absolute Gasteiger partial charge is 0.252 e. The molecule has 1 aromatic rings. The van der Waals surface area contributed by atoms with Gasteiger partial charge in [0.1, 0.15) is 0 Å². The van der Waals surface area contributed by atoms with Crippen LogP contribution in [0.2, 0.25) is 0 Å². The maximum absolute atomic E-state index is 11.8. The van der Waals surface area contributed by atoms with Crippen molar-refractivity contribution in [3.8, 4) is 0 Å². The summed E-state index contributed by atoms with van der Waals surface area (Å²) in [5, 5.41) is 0. The number of rotatable bonds is 3. The highest BCUT2D eigenvalue weighted by Crippen LogP contribution is 2.20. The van der Waals surface area contributed by atoms with E-state index in [-0.39, 0.29) is 11.0 Å². The van der Waals surface area contributed by atoms with Crippen LogP contribution in [0, 0.1) is 0 Å². The molecule has 0 unspecified atom stereocenters. The van der Waals surface area contributed by atoms with E-state index in [1.165, 1.54) is 0 Å². The van der Waals surface area contributed by atoms with E-state index in [1.54, 1.807) is 6.07 Å². The van der Waals surface area contributed by atoms with E-state index < -0.39 is 0 Å². The van der Waals surface area contributed by atoms with E-state index in [9.17, 15) is 4.79 Å². The van der Waals surface area contributed by atoms with Gasteiger partial charge in [-0.05, 0) is 0 Å². The third-order valence-corrected chi connectivity index (χ3v) is 3.56. The van der Waals surface area contributed by atoms with Crippen molar-refractivity contribution in [3.05, 3.63) is 34.8 Å². The lowest BCUT2D eigenvalue weighted by molar-refractivity contribution is 0.282. The molecular weight excluding hydrogens is 252 g/mol. The van der Waals surface area contributed by atoms with Gasteiger partial charge < -0.3 is 4.90 Å². The van der Waals surface area contributed by atoms with Crippen molar-refractivity contribution < 1.29 is 0 Å². The summed E-state index contributed by atoms with van der Waals surface area (Å²) in [5.74, 6) is 0.695. The quantitative estimate of drug-likeness (QED) is 0.847. The van der Waals surface area contributed by atoms with Gasteiger partial charge >= 0.3 is 0 Å². The van der Waals surface area contributed by atoms with Gasteiger partial charge in [-0.2, -0.15) is 0 Å². The number of aromatic nitrogens is 2. The summed E-state index contributed by atoms with van der Waals surface area (Å²) in [6.07, 6.45) is 1.93. The molecule has 1 aromatic heterocycles. The van der Waals surface area contributed by atoms with Gasteiger partial charge in [-0.3, -0.25) is 14.7 Å². The van der Waals surface area contributed by atoms with E-state index in [1.807, 2.05) is 6.08 Å². The molecule has 0 amide bonds. The lowest BCUT2D eigenvalue weighted by Gasteiger charge is -2.34. The van der Waals surface area contributed by atoms with Crippen LogP contribution < -0.4 is 10.5 Å². The number of piperazine rings is 1. The molecule has 2 rings (SSSR count). The Kier molecular flexibility index (Phi) is 4.28. The fraction of sp³-hybridized carbons (Fsp3) is 0.600. The van der Waals surface area contributed by atoms with Crippen molar-refractivity contribution in [2.45, 2.75) is 26.2 Å². The number of nitrogens with one attached hydrogen (secondary N) is 1. The molecule has 1 aliphatic heterocycles. The summed E-state index contributed by atoms with van der Waals surface area (Å²) in [7, 11) is 0. The molecule has 20 heavy (non-hydrogen) atoms. The Labute approximate surface area is 120 Å². The monoisotopic (exact) mass is 276 g/mol. The number of aromatic amines is 1. The first-order chi connectivity index (χ1) is 9.40. The van der Waals surface area contributed by atoms with E-state index in [0.29, 0.717) is 5.95 Å². The van der Waals surface area contributed by atoms with Crippen LogP contribution >= 0.6 is 0 Å². The van der Waals surface area contributed by atoms with E-state index in [4.69, 9.17) is 0 Å². The molecule has 1 N–H and O–H groups in total. The molecule has 110 valence electrons. The van der Waals surface area contributed by atoms with Gasteiger partial charge in [-0.15, -0.1) is 6.58 Å². The van der Waals surface area contributed by atoms with Gasteiger partial charge in [0.25, 0.3) is 5.56 Å². The summed E-state index contributed by atoms with van der Waals surface area (Å²) in [5.41, 5.74) is 0.645. The number of H-pyrrole nitrogens is 1. The first kappa shape index (κ1) is 14.8. The van der Waals surface area contributed by atoms with E-state index in [0.717, 1.165) is 38.4 Å². The topological polar surface area (TPSA) is 52.2 Å². The van der Waals surface area contributed by atoms with Crippen LogP contribution in [0.15, 0.2) is 23.5 Å². The number of hydrogen-bond acceptors (Lipinski definition) is 4. The van der Waals surface area contributed by atoms with Crippen LogP contribution in [0.3, 0.4) is 0 Å². The van der Waals surface area contributed by atoms with Gasteiger partial charge in [0.15, 0.2) is 0 Å². The second-order valence-electron chi connectivity index (χ2n) is 6.28. The molecular formula is C15H24N4O. The van der Waals surface area contributed by atoms with Gasteiger partial charge in [0.05, 0.1) is 5.69 Å². The van der Waals surface area contributed by atoms with Crippen molar-refractivity contribution in [1.82, 2.24) is 14.9 Å². The SMILES string of the molecule is C=CCN1CCN(c2nc(C(C)(C)C)cc(=O)[nH]2)CC1. The molecule has 0 bridgehead atoms. The fourth-order valence-corrected chi connectivity index (χ4v) is 2.30. The zero-order chi connectivity index (χ0) is 14.8. The second-order valence-corrected chi connectivity index (χ2v) is 6.28. The summed E-state index contributed by atoms with van der Waals surface area (Å²) in [6.45, 7) is 14.6. The van der Waals surface area contributed by atoms with Crippen LogP contribution in [0.5, 0.6) is 0 Å². The number of hydrogen-bond donors (Lipinski definition) is 1. The lowest BCUT2D eigenvalue weighted by atomic mass is 9.92. The molecule has 0 aliphatic carbocycles. The minimum Gasteiger partial charge on any atom is -0.340 e. The Morgan fingerprint density at radius 1 is 1.35 bits per heavy atom. The molecule has 1 aliphatic rings. The lowest BCUT2D eigenvalue weighted by Crippen LogP contribution is -2.47. The van der Waals surface area contributed by atoms with Crippen molar-refractivity contribution >= 4 is 5.95 Å². The molecule has 5 nitrogen and oxygen atoms in total. The average molecular weight is 276 g/mol.